The molecule has 94 valence electrons. The molecule has 0 radical (unpaired) electrons. The van der Waals surface area contributed by atoms with Crippen LogP contribution < -0.4 is 11.1 Å². The van der Waals surface area contributed by atoms with Gasteiger partial charge in [-0.25, -0.2) is 4.98 Å². The molecule has 6 heteroatoms. The van der Waals surface area contributed by atoms with E-state index in [4.69, 9.17) is 17.3 Å². The van der Waals surface area contributed by atoms with Crippen LogP contribution in [0.15, 0.2) is 23.6 Å². The maximum absolute atomic E-state index is 11.8. The first-order valence-electron chi connectivity index (χ1n) is 5.30. The van der Waals surface area contributed by atoms with E-state index in [-0.39, 0.29) is 12.3 Å². The zero-order valence-electron chi connectivity index (χ0n) is 9.74. The molecule has 2 aromatic rings. The summed E-state index contributed by atoms with van der Waals surface area (Å²) in [4.78, 5) is 15.8. The van der Waals surface area contributed by atoms with Crippen LogP contribution in [0.4, 0.5) is 10.8 Å². The van der Waals surface area contributed by atoms with Gasteiger partial charge in [0.05, 0.1) is 22.8 Å². The lowest BCUT2D eigenvalue weighted by Gasteiger charge is -2.06. The number of anilines is 2. The molecule has 1 heterocycles. The largest absolute Gasteiger partial charge is 0.375 e. The minimum atomic E-state index is -0.161. The van der Waals surface area contributed by atoms with Gasteiger partial charge in [0.1, 0.15) is 0 Å². The molecule has 0 aliphatic carbocycles. The van der Waals surface area contributed by atoms with Gasteiger partial charge in [0.25, 0.3) is 0 Å². The van der Waals surface area contributed by atoms with Crippen molar-refractivity contribution < 1.29 is 4.79 Å². The maximum Gasteiger partial charge on any atom is 0.230 e. The Hall–Kier alpha value is -1.59. The Kier molecular flexibility index (Phi) is 3.84. The SMILES string of the molecule is Cc1ccc(NC(=O)Cc2csc(N)n2)c(Cl)c1. The van der Waals surface area contributed by atoms with Crippen molar-refractivity contribution in [1.82, 2.24) is 4.98 Å². The lowest BCUT2D eigenvalue weighted by atomic mass is 10.2. The minimum Gasteiger partial charge on any atom is -0.375 e. The first kappa shape index (κ1) is 12.9. The van der Waals surface area contributed by atoms with Crippen LogP contribution in [0.3, 0.4) is 0 Å². The predicted molar refractivity (Wildman–Crippen MR) is 75.0 cm³/mol. The summed E-state index contributed by atoms with van der Waals surface area (Å²) in [6, 6.07) is 5.48. The summed E-state index contributed by atoms with van der Waals surface area (Å²) in [5.74, 6) is -0.161. The van der Waals surface area contributed by atoms with E-state index in [0.717, 1.165) is 5.56 Å². The average Bonchev–Trinajstić information content (AvgIpc) is 2.68. The van der Waals surface area contributed by atoms with E-state index in [9.17, 15) is 4.79 Å². The standard InChI is InChI=1S/C12H12ClN3OS/c1-7-2-3-10(9(13)4-7)16-11(17)5-8-6-18-12(14)15-8/h2-4,6H,5H2,1H3,(H2,14,15)(H,16,17). The highest BCUT2D eigenvalue weighted by Crippen LogP contribution is 2.23. The number of rotatable bonds is 3. The van der Waals surface area contributed by atoms with E-state index in [1.165, 1.54) is 11.3 Å². The van der Waals surface area contributed by atoms with Crippen molar-refractivity contribution in [3.8, 4) is 0 Å². The Labute approximate surface area is 114 Å². The van der Waals surface area contributed by atoms with Crippen LogP contribution in [0.1, 0.15) is 11.3 Å². The molecule has 0 fully saturated rings. The Bertz CT molecular complexity index is 582. The quantitative estimate of drug-likeness (QED) is 0.909. The molecule has 0 saturated heterocycles. The number of amides is 1. The first-order valence-corrected chi connectivity index (χ1v) is 6.56. The van der Waals surface area contributed by atoms with E-state index in [2.05, 4.69) is 10.3 Å². The monoisotopic (exact) mass is 281 g/mol. The zero-order valence-corrected chi connectivity index (χ0v) is 11.3. The van der Waals surface area contributed by atoms with Gasteiger partial charge in [0, 0.05) is 5.38 Å². The Morgan fingerprint density at radius 1 is 1.56 bits per heavy atom. The molecule has 0 saturated carbocycles. The number of hydrogen-bond acceptors (Lipinski definition) is 4. The second kappa shape index (κ2) is 5.37. The fraction of sp³-hybridized carbons (Fsp3) is 0.167. The number of aromatic nitrogens is 1. The molecule has 2 rings (SSSR count). The van der Waals surface area contributed by atoms with Crippen LogP contribution in [0.25, 0.3) is 0 Å². The molecule has 0 aliphatic heterocycles. The fourth-order valence-corrected chi connectivity index (χ4v) is 2.33. The Morgan fingerprint density at radius 3 is 2.94 bits per heavy atom. The van der Waals surface area contributed by atoms with E-state index < -0.39 is 0 Å². The van der Waals surface area contributed by atoms with Crippen LogP contribution in [-0.2, 0) is 11.2 Å². The molecule has 1 aromatic heterocycles. The van der Waals surface area contributed by atoms with Gasteiger partial charge >= 0.3 is 0 Å². The molecular formula is C12H12ClN3OS. The third-order valence-electron chi connectivity index (χ3n) is 2.31. The maximum atomic E-state index is 11.8. The molecule has 0 atom stereocenters. The number of halogens is 1. The number of nitrogens with zero attached hydrogens (tertiary/aromatic N) is 1. The summed E-state index contributed by atoms with van der Waals surface area (Å²) in [5, 5.41) is 5.51. The van der Waals surface area contributed by atoms with Crippen molar-refractivity contribution in [3.63, 3.8) is 0 Å². The van der Waals surface area contributed by atoms with Gasteiger partial charge in [-0.1, -0.05) is 17.7 Å². The van der Waals surface area contributed by atoms with E-state index in [1.54, 1.807) is 17.5 Å². The second-order valence-electron chi connectivity index (χ2n) is 3.89. The van der Waals surface area contributed by atoms with Crippen LogP contribution in [0, 0.1) is 6.92 Å². The summed E-state index contributed by atoms with van der Waals surface area (Å²) in [6.07, 6.45) is 0.192. The highest BCUT2D eigenvalue weighted by Gasteiger charge is 2.09. The van der Waals surface area contributed by atoms with Crippen LogP contribution in [0.5, 0.6) is 0 Å². The highest BCUT2D eigenvalue weighted by atomic mass is 35.5. The number of carbonyl (C=O) groups is 1. The smallest absolute Gasteiger partial charge is 0.230 e. The first-order chi connectivity index (χ1) is 8.54. The number of hydrogen-bond donors (Lipinski definition) is 2. The van der Waals surface area contributed by atoms with Gasteiger partial charge in [-0.2, -0.15) is 0 Å². The van der Waals surface area contributed by atoms with Crippen LogP contribution in [0.2, 0.25) is 5.02 Å². The molecule has 1 aromatic carbocycles. The summed E-state index contributed by atoms with van der Waals surface area (Å²) in [7, 11) is 0. The van der Waals surface area contributed by atoms with E-state index in [0.29, 0.717) is 21.5 Å². The highest BCUT2D eigenvalue weighted by molar-refractivity contribution is 7.13. The van der Waals surface area contributed by atoms with E-state index >= 15 is 0 Å². The summed E-state index contributed by atoms with van der Waals surface area (Å²) in [6.45, 7) is 1.94. The molecule has 4 nitrogen and oxygen atoms in total. The van der Waals surface area contributed by atoms with Crippen molar-refractivity contribution in [2.75, 3.05) is 11.1 Å². The minimum absolute atomic E-state index is 0.161. The summed E-state index contributed by atoms with van der Waals surface area (Å²) in [5.41, 5.74) is 7.82. The van der Waals surface area contributed by atoms with Gasteiger partial charge in [0.2, 0.25) is 5.91 Å². The number of thiazole rings is 1. The summed E-state index contributed by atoms with van der Waals surface area (Å²) < 4.78 is 0. The van der Waals surface area contributed by atoms with Crippen molar-refractivity contribution in [2.24, 2.45) is 0 Å². The molecule has 1 amide bonds. The van der Waals surface area contributed by atoms with Crippen molar-refractivity contribution >= 4 is 39.7 Å². The topological polar surface area (TPSA) is 68.0 Å². The number of aryl methyl sites for hydroxylation is 1. The molecule has 3 N–H and O–H groups in total. The van der Waals surface area contributed by atoms with Gasteiger partial charge in [-0.3, -0.25) is 4.79 Å². The van der Waals surface area contributed by atoms with Gasteiger partial charge in [-0.15, -0.1) is 11.3 Å². The molecule has 18 heavy (non-hydrogen) atoms. The van der Waals surface area contributed by atoms with Crippen molar-refractivity contribution in [2.45, 2.75) is 13.3 Å². The molecule has 0 spiro atoms. The average molecular weight is 282 g/mol. The third kappa shape index (κ3) is 3.21. The van der Waals surface area contributed by atoms with Crippen LogP contribution in [-0.4, -0.2) is 10.9 Å². The van der Waals surface area contributed by atoms with E-state index in [1.807, 2.05) is 13.0 Å². The molecule has 0 unspecified atom stereocenters. The predicted octanol–water partition coefficient (Wildman–Crippen LogP) is 2.87. The van der Waals surface area contributed by atoms with Gasteiger partial charge in [0.15, 0.2) is 5.13 Å². The number of carbonyl (C=O) groups excluding carboxylic acids is 1. The Morgan fingerprint density at radius 2 is 2.33 bits per heavy atom. The fourth-order valence-electron chi connectivity index (χ4n) is 1.48. The number of nitrogens with two attached hydrogens (primary N) is 1. The lowest BCUT2D eigenvalue weighted by molar-refractivity contribution is -0.115. The van der Waals surface area contributed by atoms with Gasteiger partial charge < -0.3 is 11.1 Å². The van der Waals surface area contributed by atoms with Crippen LogP contribution >= 0.6 is 22.9 Å². The Balaban J connectivity index is 2.03. The zero-order chi connectivity index (χ0) is 13.1. The second-order valence-corrected chi connectivity index (χ2v) is 5.18. The lowest BCUT2D eigenvalue weighted by Crippen LogP contribution is -2.14. The number of nitrogens with one attached hydrogen (secondary N) is 1. The van der Waals surface area contributed by atoms with Crippen molar-refractivity contribution in [3.05, 3.63) is 39.9 Å². The normalized spacial score (nSPS) is 10.3. The summed E-state index contributed by atoms with van der Waals surface area (Å²) >= 11 is 7.35. The third-order valence-corrected chi connectivity index (χ3v) is 3.35. The van der Waals surface area contributed by atoms with Crippen molar-refractivity contribution in [1.29, 1.82) is 0 Å². The number of nitrogen functional groups attached to an aromatic ring is 1. The van der Waals surface area contributed by atoms with Gasteiger partial charge in [-0.05, 0) is 24.6 Å². The molecule has 0 aliphatic rings. The number of benzene rings is 1. The molecule has 0 bridgehead atoms. The molecular weight excluding hydrogens is 270 g/mol.